The second kappa shape index (κ2) is 8.53. The molecule has 1 aromatic carbocycles. The molecular weight excluding hydrogens is 434 g/mol. The molecule has 1 N–H and O–H groups in total. The zero-order valence-corrected chi connectivity index (χ0v) is 18.1. The summed E-state index contributed by atoms with van der Waals surface area (Å²) in [4.78, 5) is 14.5. The smallest absolute Gasteiger partial charge is 0.232 e. The molecule has 1 unspecified atom stereocenters. The van der Waals surface area contributed by atoms with Crippen molar-refractivity contribution in [2.24, 2.45) is 0 Å². The van der Waals surface area contributed by atoms with Crippen molar-refractivity contribution in [1.82, 2.24) is 20.1 Å². The molecule has 1 atom stereocenters. The molecule has 1 amide bonds. The SMILES string of the molecule is O=C(CSc1nnc(N2CCCC2)n1-c1cccc(Cl)c1)NC1CCS(=O)(=O)C1. The number of hydrogen-bond acceptors (Lipinski definition) is 7. The van der Waals surface area contributed by atoms with Crippen molar-refractivity contribution < 1.29 is 13.2 Å². The Morgan fingerprint density at radius 2 is 2.07 bits per heavy atom. The monoisotopic (exact) mass is 455 g/mol. The molecule has 0 aliphatic carbocycles. The average Bonchev–Trinajstić information content (AvgIpc) is 3.39. The number of amides is 1. The Morgan fingerprint density at radius 1 is 1.28 bits per heavy atom. The van der Waals surface area contributed by atoms with Crippen LogP contribution in [0.1, 0.15) is 19.3 Å². The van der Waals surface area contributed by atoms with Crippen LogP contribution in [0.4, 0.5) is 5.95 Å². The number of halogens is 1. The maximum absolute atomic E-state index is 12.3. The number of nitrogens with zero attached hydrogens (tertiary/aromatic N) is 4. The number of aromatic nitrogens is 3. The zero-order valence-electron chi connectivity index (χ0n) is 15.8. The Morgan fingerprint density at radius 3 is 2.76 bits per heavy atom. The number of rotatable bonds is 6. The van der Waals surface area contributed by atoms with Gasteiger partial charge in [0.1, 0.15) is 0 Å². The topological polar surface area (TPSA) is 97.2 Å². The Labute approximate surface area is 178 Å². The molecule has 2 aliphatic heterocycles. The first-order valence-electron chi connectivity index (χ1n) is 9.50. The Kier molecular flexibility index (Phi) is 6.03. The summed E-state index contributed by atoms with van der Waals surface area (Å²) >= 11 is 7.46. The highest BCUT2D eigenvalue weighted by Gasteiger charge is 2.29. The fourth-order valence-electron chi connectivity index (χ4n) is 3.63. The van der Waals surface area contributed by atoms with Gasteiger partial charge in [-0.1, -0.05) is 29.4 Å². The van der Waals surface area contributed by atoms with Crippen molar-refractivity contribution in [3.63, 3.8) is 0 Å². The second-order valence-corrected chi connectivity index (χ2v) is 10.9. The van der Waals surface area contributed by atoms with Crippen LogP contribution in [0.15, 0.2) is 29.4 Å². The van der Waals surface area contributed by atoms with Crippen LogP contribution in [0, 0.1) is 0 Å². The van der Waals surface area contributed by atoms with Crippen molar-refractivity contribution in [3.05, 3.63) is 29.3 Å². The standard InChI is InChI=1S/C18H22ClN5O3S2/c19-13-4-3-5-15(10-13)24-17(23-7-1-2-8-23)21-22-18(24)28-11-16(25)20-14-6-9-29(26,27)12-14/h3-5,10,14H,1-2,6-9,11-12H2,(H,20,25). The van der Waals surface area contributed by atoms with Gasteiger partial charge in [-0.3, -0.25) is 9.36 Å². The van der Waals surface area contributed by atoms with E-state index in [4.69, 9.17) is 11.6 Å². The number of nitrogens with one attached hydrogen (secondary N) is 1. The van der Waals surface area contributed by atoms with Crippen LogP contribution in [0.25, 0.3) is 5.69 Å². The van der Waals surface area contributed by atoms with Gasteiger partial charge in [-0.15, -0.1) is 10.2 Å². The van der Waals surface area contributed by atoms with Crippen LogP contribution in [-0.2, 0) is 14.6 Å². The lowest BCUT2D eigenvalue weighted by Gasteiger charge is -2.18. The first kappa shape index (κ1) is 20.5. The van der Waals surface area contributed by atoms with Crippen molar-refractivity contribution >= 4 is 45.1 Å². The molecule has 4 rings (SSSR count). The van der Waals surface area contributed by atoms with Crippen LogP contribution >= 0.6 is 23.4 Å². The minimum absolute atomic E-state index is 0.0151. The highest BCUT2D eigenvalue weighted by Crippen LogP contribution is 2.29. The molecule has 3 heterocycles. The van der Waals surface area contributed by atoms with Gasteiger partial charge < -0.3 is 10.2 Å². The van der Waals surface area contributed by atoms with Gasteiger partial charge in [0.15, 0.2) is 15.0 Å². The van der Waals surface area contributed by atoms with Crippen LogP contribution < -0.4 is 10.2 Å². The van der Waals surface area contributed by atoms with Crippen molar-refractivity contribution in [2.75, 3.05) is 35.2 Å². The lowest BCUT2D eigenvalue weighted by atomic mass is 10.3. The molecule has 0 saturated carbocycles. The number of carbonyl (C=O) groups is 1. The summed E-state index contributed by atoms with van der Waals surface area (Å²) in [6, 6.07) is 7.15. The largest absolute Gasteiger partial charge is 0.352 e. The summed E-state index contributed by atoms with van der Waals surface area (Å²) in [6.45, 7) is 1.83. The minimum atomic E-state index is -3.03. The normalized spacial score (nSPS) is 20.9. The van der Waals surface area contributed by atoms with E-state index in [9.17, 15) is 13.2 Å². The number of carbonyl (C=O) groups excluding carboxylic acids is 1. The van der Waals surface area contributed by atoms with Gasteiger partial charge in [0.05, 0.1) is 22.9 Å². The predicted octanol–water partition coefficient (Wildman–Crippen LogP) is 1.92. The molecule has 8 nitrogen and oxygen atoms in total. The maximum atomic E-state index is 12.3. The fraction of sp³-hybridized carbons (Fsp3) is 0.500. The van der Waals surface area contributed by atoms with Crippen molar-refractivity contribution in [3.8, 4) is 5.69 Å². The van der Waals surface area contributed by atoms with Crippen LogP contribution in [-0.4, -0.2) is 65.5 Å². The molecular formula is C18H22ClN5O3S2. The van der Waals surface area contributed by atoms with Gasteiger partial charge in [0.2, 0.25) is 11.9 Å². The molecule has 0 bridgehead atoms. The summed E-state index contributed by atoms with van der Waals surface area (Å²) in [5.74, 6) is 0.819. The molecule has 2 aromatic rings. The quantitative estimate of drug-likeness (QED) is 0.664. The molecule has 2 fully saturated rings. The number of sulfone groups is 1. The third-order valence-electron chi connectivity index (χ3n) is 5.00. The molecule has 11 heteroatoms. The predicted molar refractivity (Wildman–Crippen MR) is 114 cm³/mol. The van der Waals surface area contributed by atoms with Crippen LogP contribution in [0.5, 0.6) is 0 Å². The minimum Gasteiger partial charge on any atom is -0.352 e. The molecule has 29 heavy (non-hydrogen) atoms. The zero-order chi connectivity index (χ0) is 20.4. The van der Waals surface area contributed by atoms with E-state index in [1.54, 1.807) is 6.07 Å². The number of thioether (sulfide) groups is 1. The van der Waals surface area contributed by atoms with Gasteiger partial charge in [-0.25, -0.2) is 8.42 Å². The third-order valence-corrected chi connectivity index (χ3v) is 7.93. The van der Waals surface area contributed by atoms with E-state index in [1.165, 1.54) is 11.8 Å². The van der Waals surface area contributed by atoms with Crippen LogP contribution in [0.2, 0.25) is 5.02 Å². The Bertz CT molecular complexity index is 1000. The number of anilines is 1. The van der Waals surface area contributed by atoms with Crippen molar-refractivity contribution in [1.29, 1.82) is 0 Å². The average molecular weight is 456 g/mol. The molecule has 0 radical (unpaired) electrons. The first-order chi connectivity index (χ1) is 13.9. The molecule has 2 saturated heterocycles. The van der Waals surface area contributed by atoms with Gasteiger partial charge in [0, 0.05) is 24.2 Å². The van der Waals surface area contributed by atoms with Crippen LogP contribution in [0.3, 0.4) is 0 Å². The van der Waals surface area contributed by atoms with Gasteiger partial charge in [-0.2, -0.15) is 0 Å². The highest BCUT2D eigenvalue weighted by atomic mass is 35.5. The van der Waals surface area contributed by atoms with Gasteiger partial charge in [0.25, 0.3) is 0 Å². The van der Waals surface area contributed by atoms with E-state index in [1.807, 2.05) is 22.8 Å². The third kappa shape index (κ3) is 4.87. The van der Waals surface area contributed by atoms with Crippen molar-refractivity contribution in [2.45, 2.75) is 30.5 Å². The molecule has 2 aliphatic rings. The van der Waals surface area contributed by atoms with E-state index in [0.29, 0.717) is 16.6 Å². The Balaban J connectivity index is 1.50. The van der Waals surface area contributed by atoms with E-state index < -0.39 is 9.84 Å². The van der Waals surface area contributed by atoms with Gasteiger partial charge >= 0.3 is 0 Å². The number of benzene rings is 1. The summed E-state index contributed by atoms with van der Waals surface area (Å²) < 4.78 is 25.1. The fourth-order valence-corrected chi connectivity index (χ4v) is 6.24. The van der Waals surface area contributed by atoms with E-state index in [-0.39, 0.29) is 29.2 Å². The Hall–Kier alpha value is -1.78. The maximum Gasteiger partial charge on any atom is 0.232 e. The van der Waals surface area contributed by atoms with E-state index >= 15 is 0 Å². The summed E-state index contributed by atoms with van der Waals surface area (Å²) in [7, 11) is -3.03. The van der Waals surface area contributed by atoms with Gasteiger partial charge in [-0.05, 0) is 37.5 Å². The van der Waals surface area contributed by atoms with E-state index in [2.05, 4.69) is 20.4 Å². The lowest BCUT2D eigenvalue weighted by molar-refractivity contribution is -0.119. The summed E-state index contributed by atoms with van der Waals surface area (Å²) in [6.07, 6.45) is 2.69. The number of hydrogen-bond donors (Lipinski definition) is 1. The highest BCUT2D eigenvalue weighted by molar-refractivity contribution is 7.99. The van der Waals surface area contributed by atoms with E-state index in [0.717, 1.165) is 37.6 Å². The molecule has 1 aromatic heterocycles. The lowest BCUT2D eigenvalue weighted by Crippen LogP contribution is -2.36. The summed E-state index contributed by atoms with van der Waals surface area (Å²) in [5, 5.41) is 12.7. The molecule has 156 valence electrons. The second-order valence-electron chi connectivity index (χ2n) is 7.25. The molecule has 0 spiro atoms. The first-order valence-corrected chi connectivity index (χ1v) is 12.7. The summed E-state index contributed by atoms with van der Waals surface area (Å²) in [5.41, 5.74) is 0.842.